The SMILES string of the molecule is C[C@H]1COCCN1CCCn1ncc2c1CCN(C(N)=O)C2. The molecule has 3 rings (SSSR count). The van der Waals surface area contributed by atoms with Gasteiger partial charge in [0, 0.05) is 49.9 Å². The highest BCUT2D eigenvalue weighted by molar-refractivity contribution is 5.72. The standard InChI is InChI=1S/C15H25N5O2/c1-12-11-22-8-7-18(12)4-2-5-20-14-3-6-19(15(16)21)10-13(14)9-17-20/h9,12H,2-8,10-11H2,1H3,(H2,16,21)/t12-/m0/s1. The molecule has 2 amide bonds. The lowest BCUT2D eigenvalue weighted by atomic mass is 10.1. The summed E-state index contributed by atoms with van der Waals surface area (Å²) in [5.41, 5.74) is 7.74. The summed E-state index contributed by atoms with van der Waals surface area (Å²) in [4.78, 5) is 15.4. The number of nitrogens with zero attached hydrogens (tertiary/aromatic N) is 4. The zero-order valence-electron chi connectivity index (χ0n) is 13.2. The second-order valence-electron chi connectivity index (χ2n) is 6.16. The summed E-state index contributed by atoms with van der Waals surface area (Å²) in [6.07, 6.45) is 3.80. The summed E-state index contributed by atoms with van der Waals surface area (Å²) in [5, 5.41) is 4.49. The molecule has 0 aliphatic carbocycles. The Labute approximate surface area is 131 Å². The van der Waals surface area contributed by atoms with Crippen molar-refractivity contribution in [2.45, 2.75) is 38.9 Å². The van der Waals surface area contributed by atoms with E-state index in [2.05, 4.69) is 21.6 Å². The number of amides is 2. The van der Waals surface area contributed by atoms with Gasteiger partial charge >= 0.3 is 6.03 Å². The lowest BCUT2D eigenvalue weighted by Gasteiger charge is -2.33. The van der Waals surface area contributed by atoms with Crippen LogP contribution < -0.4 is 5.73 Å². The first-order chi connectivity index (χ1) is 10.6. The normalized spacial score (nSPS) is 22.6. The van der Waals surface area contributed by atoms with Crippen LogP contribution in [0.3, 0.4) is 0 Å². The van der Waals surface area contributed by atoms with Gasteiger partial charge in [0.15, 0.2) is 0 Å². The van der Waals surface area contributed by atoms with Crippen LogP contribution in [-0.4, -0.2) is 64.5 Å². The summed E-state index contributed by atoms with van der Waals surface area (Å²) in [6.45, 7) is 8.19. The van der Waals surface area contributed by atoms with Gasteiger partial charge in [0.2, 0.25) is 0 Å². The Bertz CT molecular complexity index is 530. The molecule has 7 heteroatoms. The van der Waals surface area contributed by atoms with Crippen LogP contribution in [0.25, 0.3) is 0 Å². The van der Waals surface area contributed by atoms with Crippen molar-refractivity contribution in [1.82, 2.24) is 19.6 Å². The van der Waals surface area contributed by atoms with E-state index in [1.54, 1.807) is 4.90 Å². The number of fused-ring (bicyclic) bond motifs is 1. The van der Waals surface area contributed by atoms with Crippen LogP contribution in [-0.2, 0) is 24.2 Å². The van der Waals surface area contributed by atoms with Crippen molar-refractivity contribution < 1.29 is 9.53 Å². The predicted molar refractivity (Wildman–Crippen MR) is 82.4 cm³/mol. The topological polar surface area (TPSA) is 76.6 Å². The number of rotatable bonds is 4. The molecule has 0 saturated carbocycles. The number of aryl methyl sites for hydroxylation is 1. The third kappa shape index (κ3) is 3.25. The molecule has 1 atom stereocenters. The van der Waals surface area contributed by atoms with E-state index in [0.29, 0.717) is 19.1 Å². The van der Waals surface area contributed by atoms with Gasteiger partial charge in [-0.05, 0) is 13.3 Å². The number of hydrogen-bond donors (Lipinski definition) is 1. The van der Waals surface area contributed by atoms with Gasteiger partial charge in [0.1, 0.15) is 0 Å². The molecule has 122 valence electrons. The molecule has 2 aliphatic heterocycles. The molecular weight excluding hydrogens is 282 g/mol. The van der Waals surface area contributed by atoms with Gasteiger partial charge in [0.25, 0.3) is 0 Å². The van der Waals surface area contributed by atoms with Crippen LogP contribution in [0.2, 0.25) is 0 Å². The first kappa shape index (κ1) is 15.3. The number of carbonyl (C=O) groups is 1. The zero-order valence-corrected chi connectivity index (χ0v) is 13.2. The third-order valence-corrected chi connectivity index (χ3v) is 4.65. The zero-order chi connectivity index (χ0) is 15.5. The Kier molecular flexibility index (Phi) is 4.63. The molecule has 1 saturated heterocycles. The van der Waals surface area contributed by atoms with Gasteiger partial charge in [-0.15, -0.1) is 0 Å². The van der Waals surface area contributed by atoms with Crippen LogP contribution in [0.1, 0.15) is 24.6 Å². The van der Waals surface area contributed by atoms with Gasteiger partial charge in [0.05, 0.1) is 26.0 Å². The Morgan fingerprint density at radius 1 is 1.45 bits per heavy atom. The van der Waals surface area contributed by atoms with E-state index in [0.717, 1.165) is 51.3 Å². The maximum absolute atomic E-state index is 11.3. The number of carbonyl (C=O) groups excluding carboxylic acids is 1. The maximum Gasteiger partial charge on any atom is 0.315 e. The number of ether oxygens (including phenoxy) is 1. The summed E-state index contributed by atoms with van der Waals surface area (Å²) in [6, 6.07) is 0.157. The number of morpholine rings is 1. The smallest absolute Gasteiger partial charge is 0.315 e. The highest BCUT2D eigenvalue weighted by Gasteiger charge is 2.23. The number of aromatic nitrogens is 2. The summed E-state index contributed by atoms with van der Waals surface area (Å²) in [7, 11) is 0. The van der Waals surface area contributed by atoms with Crippen LogP contribution in [0.4, 0.5) is 4.79 Å². The average Bonchev–Trinajstić information content (AvgIpc) is 2.91. The molecule has 0 unspecified atom stereocenters. The number of nitrogens with two attached hydrogens (primary N) is 1. The molecule has 7 nitrogen and oxygen atoms in total. The van der Waals surface area contributed by atoms with E-state index in [-0.39, 0.29) is 6.03 Å². The monoisotopic (exact) mass is 307 g/mol. The van der Waals surface area contributed by atoms with Crippen molar-refractivity contribution in [1.29, 1.82) is 0 Å². The fourth-order valence-corrected chi connectivity index (χ4v) is 3.29. The molecular formula is C15H25N5O2. The lowest BCUT2D eigenvalue weighted by Crippen LogP contribution is -2.44. The number of hydrogen-bond acceptors (Lipinski definition) is 4. The molecule has 2 N–H and O–H groups in total. The summed E-state index contributed by atoms with van der Waals surface area (Å²) in [5.74, 6) is 0. The van der Waals surface area contributed by atoms with E-state index in [1.165, 1.54) is 5.69 Å². The van der Waals surface area contributed by atoms with Gasteiger partial charge in [-0.3, -0.25) is 9.58 Å². The van der Waals surface area contributed by atoms with Crippen molar-refractivity contribution in [3.8, 4) is 0 Å². The van der Waals surface area contributed by atoms with Crippen molar-refractivity contribution in [3.63, 3.8) is 0 Å². The minimum atomic E-state index is -0.347. The quantitative estimate of drug-likeness (QED) is 0.875. The van der Waals surface area contributed by atoms with Gasteiger partial charge in [-0.25, -0.2) is 4.79 Å². The van der Waals surface area contributed by atoms with E-state index in [4.69, 9.17) is 10.5 Å². The molecule has 0 aromatic carbocycles. The Morgan fingerprint density at radius 2 is 2.32 bits per heavy atom. The molecule has 0 bridgehead atoms. The lowest BCUT2D eigenvalue weighted by molar-refractivity contribution is -0.00122. The highest BCUT2D eigenvalue weighted by Crippen LogP contribution is 2.19. The largest absolute Gasteiger partial charge is 0.379 e. The Balaban J connectivity index is 1.53. The van der Waals surface area contributed by atoms with Crippen molar-refractivity contribution in [3.05, 3.63) is 17.5 Å². The van der Waals surface area contributed by atoms with Crippen molar-refractivity contribution >= 4 is 6.03 Å². The van der Waals surface area contributed by atoms with Crippen LogP contribution >= 0.6 is 0 Å². The van der Waals surface area contributed by atoms with E-state index < -0.39 is 0 Å². The minimum Gasteiger partial charge on any atom is -0.379 e. The molecule has 0 radical (unpaired) electrons. The van der Waals surface area contributed by atoms with Crippen LogP contribution in [0.15, 0.2) is 6.20 Å². The molecule has 1 aromatic heterocycles. The second kappa shape index (κ2) is 6.66. The van der Waals surface area contributed by atoms with Crippen LogP contribution in [0.5, 0.6) is 0 Å². The van der Waals surface area contributed by atoms with Gasteiger partial charge in [-0.2, -0.15) is 5.10 Å². The first-order valence-corrected chi connectivity index (χ1v) is 8.05. The Morgan fingerprint density at radius 3 is 3.09 bits per heavy atom. The van der Waals surface area contributed by atoms with Crippen LogP contribution in [0, 0.1) is 0 Å². The van der Waals surface area contributed by atoms with Gasteiger partial charge in [-0.1, -0.05) is 0 Å². The number of primary amides is 1. The number of urea groups is 1. The average molecular weight is 307 g/mol. The molecule has 2 aliphatic rings. The Hall–Kier alpha value is -1.60. The molecule has 22 heavy (non-hydrogen) atoms. The highest BCUT2D eigenvalue weighted by atomic mass is 16.5. The van der Waals surface area contributed by atoms with Crippen molar-refractivity contribution in [2.75, 3.05) is 32.8 Å². The van der Waals surface area contributed by atoms with Crippen molar-refractivity contribution in [2.24, 2.45) is 5.73 Å². The summed E-state index contributed by atoms with van der Waals surface area (Å²) < 4.78 is 7.56. The minimum absolute atomic E-state index is 0.347. The summed E-state index contributed by atoms with van der Waals surface area (Å²) >= 11 is 0. The van der Waals surface area contributed by atoms with E-state index >= 15 is 0 Å². The first-order valence-electron chi connectivity index (χ1n) is 8.05. The second-order valence-corrected chi connectivity index (χ2v) is 6.16. The third-order valence-electron chi connectivity index (χ3n) is 4.65. The predicted octanol–water partition coefficient (Wildman–Crippen LogP) is 0.431. The fraction of sp³-hybridized carbons (Fsp3) is 0.733. The van der Waals surface area contributed by atoms with E-state index in [9.17, 15) is 4.79 Å². The maximum atomic E-state index is 11.3. The molecule has 3 heterocycles. The molecule has 1 aromatic rings. The molecule has 0 spiro atoms. The molecule has 1 fully saturated rings. The fourth-order valence-electron chi connectivity index (χ4n) is 3.29. The van der Waals surface area contributed by atoms with Gasteiger partial charge < -0.3 is 15.4 Å². The van der Waals surface area contributed by atoms with E-state index in [1.807, 2.05) is 6.20 Å².